The Hall–Kier alpha value is -0.960. The number of ketones is 2. The van der Waals surface area contributed by atoms with Gasteiger partial charge in [0.05, 0.1) is 17.1 Å². The number of ether oxygens (including phenoxy) is 1. The minimum atomic E-state index is -0.593. The van der Waals surface area contributed by atoms with Gasteiger partial charge in [0, 0.05) is 19.3 Å². The molecule has 100 valence electrons. The second-order valence-electron chi connectivity index (χ2n) is 6.02. The van der Waals surface area contributed by atoms with Crippen LogP contribution in [0.25, 0.3) is 0 Å². The highest BCUT2D eigenvalue weighted by Gasteiger charge is 2.56. The van der Waals surface area contributed by atoms with Crippen molar-refractivity contribution in [3.63, 3.8) is 0 Å². The van der Waals surface area contributed by atoms with Crippen LogP contribution in [0.15, 0.2) is 12.2 Å². The summed E-state index contributed by atoms with van der Waals surface area (Å²) in [5.74, 6) is 0.262. The van der Waals surface area contributed by atoms with Crippen LogP contribution in [0.4, 0.5) is 0 Å². The molecule has 2 aliphatic heterocycles. The first-order valence-corrected chi connectivity index (χ1v) is 6.78. The first-order valence-electron chi connectivity index (χ1n) is 6.78. The third kappa shape index (κ3) is 1.95. The smallest absolute Gasteiger partial charge is 0.142 e. The molecule has 0 N–H and O–H groups in total. The maximum absolute atomic E-state index is 12.3. The van der Waals surface area contributed by atoms with Gasteiger partial charge in [0.1, 0.15) is 11.6 Å². The molecule has 0 amide bonds. The molecule has 2 heterocycles. The third-order valence-electron chi connectivity index (χ3n) is 4.44. The highest BCUT2D eigenvalue weighted by Crippen LogP contribution is 2.48. The second-order valence-corrected chi connectivity index (χ2v) is 6.02. The van der Waals surface area contributed by atoms with Crippen molar-refractivity contribution < 1.29 is 14.3 Å². The average molecular weight is 250 g/mol. The summed E-state index contributed by atoms with van der Waals surface area (Å²) in [4.78, 5) is 24.0. The minimum Gasteiger partial charge on any atom is -0.359 e. The number of hydrogen-bond acceptors (Lipinski definition) is 3. The van der Waals surface area contributed by atoms with E-state index in [1.807, 2.05) is 26.0 Å². The van der Waals surface area contributed by atoms with E-state index in [9.17, 15) is 9.59 Å². The van der Waals surface area contributed by atoms with Gasteiger partial charge in [0.2, 0.25) is 0 Å². The number of hydrogen-bond donors (Lipinski definition) is 0. The third-order valence-corrected chi connectivity index (χ3v) is 4.44. The Morgan fingerprint density at radius 1 is 1.50 bits per heavy atom. The van der Waals surface area contributed by atoms with E-state index in [4.69, 9.17) is 4.74 Å². The molecule has 1 saturated heterocycles. The van der Waals surface area contributed by atoms with Gasteiger partial charge in [-0.15, -0.1) is 0 Å². The van der Waals surface area contributed by atoms with Crippen molar-refractivity contribution in [2.75, 3.05) is 0 Å². The molecule has 0 radical (unpaired) electrons. The van der Waals surface area contributed by atoms with Crippen molar-refractivity contribution in [1.29, 1.82) is 0 Å². The summed E-state index contributed by atoms with van der Waals surface area (Å²) in [6.07, 6.45) is 5.22. The topological polar surface area (TPSA) is 43.4 Å². The molecule has 18 heavy (non-hydrogen) atoms. The van der Waals surface area contributed by atoms with E-state index in [0.29, 0.717) is 19.3 Å². The number of fused-ring (bicyclic) bond motifs is 2. The molecule has 0 spiro atoms. The van der Waals surface area contributed by atoms with E-state index in [-0.39, 0.29) is 23.4 Å². The normalized spacial score (nSPS) is 38.5. The van der Waals surface area contributed by atoms with Crippen LogP contribution in [-0.2, 0) is 14.3 Å². The molecular formula is C15H22O3. The Morgan fingerprint density at radius 3 is 2.72 bits per heavy atom. The van der Waals surface area contributed by atoms with Gasteiger partial charge in [-0.25, -0.2) is 0 Å². The minimum absolute atomic E-state index is 0.135. The highest BCUT2D eigenvalue weighted by atomic mass is 16.5. The summed E-state index contributed by atoms with van der Waals surface area (Å²) in [6, 6.07) is 0. The molecule has 0 aromatic carbocycles. The molecule has 0 saturated carbocycles. The Labute approximate surface area is 109 Å². The first-order chi connectivity index (χ1) is 8.33. The number of carbonyl (C=O) groups excluding carboxylic acids is 2. The van der Waals surface area contributed by atoms with Gasteiger partial charge in [-0.1, -0.05) is 32.9 Å². The van der Waals surface area contributed by atoms with Gasteiger partial charge in [0.25, 0.3) is 0 Å². The maximum Gasteiger partial charge on any atom is 0.142 e. The summed E-state index contributed by atoms with van der Waals surface area (Å²) < 4.78 is 6.18. The van der Waals surface area contributed by atoms with Crippen LogP contribution >= 0.6 is 0 Å². The first kappa shape index (κ1) is 13.5. The summed E-state index contributed by atoms with van der Waals surface area (Å²) in [5.41, 5.74) is -1.04. The number of Topliss-reactive ketones (excluding diaryl/α,β-unsaturated/α-hetero) is 2. The van der Waals surface area contributed by atoms with Crippen molar-refractivity contribution >= 4 is 11.6 Å². The molecule has 2 rings (SSSR count). The van der Waals surface area contributed by atoms with Crippen LogP contribution in [0.5, 0.6) is 0 Å². The zero-order valence-electron chi connectivity index (χ0n) is 11.7. The Kier molecular flexibility index (Phi) is 3.22. The summed E-state index contributed by atoms with van der Waals surface area (Å²) in [5, 5.41) is 0. The van der Waals surface area contributed by atoms with Crippen LogP contribution in [0.2, 0.25) is 0 Å². The Balaban J connectivity index is 2.26. The SMILES string of the molecule is CCC(=O)C[C@H]1C(=O)C[C@@]2(C(C)C)C=C[C@]1(C)O2. The van der Waals surface area contributed by atoms with Crippen LogP contribution in [0.1, 0.15) is 47.0 Å². The lowest BCUT2D eigenvalue weighted by Gasteiger charge is -2.44. The van der Waals surface area contributed by atoms with Gasteiger partial charge in [0.15, 0.2) is 0 Å². The van der Waals surface area contributed by atoms with Crippen LogP contribution in [0, 0.1) is 11.8 Å². The number of rotatable bonds is 4. The van der Waals surface area contributed by atoms with Crippen molar-refractivity contribution in [3.8, 4) is 0 Å². The predicted molar refractivity (Wildman–Crippen MR) is 69.2 cm³/mol. The molecule has 3 nitrogen and oxygen atoms in total. The van der Waals surface area contributed by atoms with E-state index in [1.165, 1.54) is 0 Å². The molecule has 0 unspecified atom stereocenters. The van der Waals surface area contributed by atoms with E-state index >= 15 is 0 Å². The summed E-state index contributed by atoms with van der Waals surface area (Å²) in [6.45, 7) is 7.90. The van der Waals surface area contributed by atoms with Crippen molar-refractivity contribution in [2.45, 2.75) is 58.2 Å². The predicted octanol–water partition coefficient (Wildman–Crippen LogP) is 2.68. The largest absolute Gasteiger partial charge is 0.359 e. The fourth-order valence-corrected chi connectivity index (χ4v) is 2.98. The standard InChI is InChI=1S/C15H22O3/c1-5-11(16)8-12-13(17)9-15(10(2)3)7-6-14(12,4)18-15/h6-7,10,12H,5,8-9H2,1-4H3/t12-,14-,15+/m0/s1. The molecule has 2 bridgehead atoms. The fraction of sp³-hybridized carbons (Fsp3) is 0.733. The van der Waals surface area contributed by atoms with Crippen molar-refractivity contribution in [1.82, 2.24) is 0 Å². The molecule has 0 aliphatic carbocycles. The monoisotopic (exact) mass is 250 g/mol. The number of carbonyl (C=O) groups is 2. The van der Waals surface area contributed by atoms with Gasteiger partial charge in [-0.2, -0.15) is 0 Å². The van der Waals surface area contributed by atoms with Gasteiger partial charge >= 0.3 is 0 Å². The van der Waals surface area contributed by atoms with E-state index in [2.05, 4.69) is 13.8 Å². The van der Waals surface area contributed by atoms with E-state index in [1.54, 1.807) is 0 Å². The van der Waals surface area contributed by atoms with Gasteiger partial charge in [-0.3, -0.25) is 9.59 Å². The molecule has 0 aromatic rings. The second kappa shape index (κ2) is 4.30. The molecule has 3 heteroatoms. The van der Waals surface area contributed by atoms with E-state index < -0.39 is 11.2 Å². The lowest BCUT2D eigenvalue weighted by Crippen LogP contribution is -2.53. The van der Waals surface area contributed by atoms with Crippen molar-refractivity contribution in [3.05, 3.63) is 12.2 Å². The van der Waals surface area contributed by atoms with Crippen molar-refractivity contribution in [2.24, 2.45) is 11.8 Å². The van der Waals surface area contributed by atoms with E-state index in [0.717, 1.165) is 0 Å². The average Bonchev–Trinajstić information content (AvgIpc) is 2.60. The quantitative estimate of drug-likeness (QED) is 0.720. The Bertz CT molecular complexity index is 410. The maximum atomic E-state index is 12.3. The highest BCUT2D eigenvalue weighted by molar-refractivity contribution is 5.91. The van der Waals surface area contributed by atoms with Crippen LogP contribution in [-0.4, -0.2) is 22.8 Å². The molecular weight excluding hydrogens is 228 g/mol. The Morgan fingerprint density at radius 2 is 2.17 bits per heavy atom. The zero-order chi connectivity index (χ0) is 13.6. The molecule has 3 atom stereocenters. The van der Waals surface area contributed by atoms with Crippen LogP contribution in [0.3, 0.4) is 0 Å². The fourth-order valence-electron chi connectivity index (χ4n) is 2.98. The lowest BCUT2D eigenvalue weighted by molar-refractivity contribution is -0.178. The van der Waals surface area contributed by atoms with Gasteiger partial charge in [-0.05, 0) is 12.8 Å². The summed E-state index contributed by atoms with van der Waals surface area (Å²) in [7, 11) is 0. The van der Waals surface area contributed by atoms with Gasteiger partial charge < -0.3 is 4.74 Å². The molecule has 0 aromatic heterocycles. The van der Waals surface area contributed by atoms with Crippen LogP contribution < -0.4 is 0 Å². The summed E-state index contributed by atoms with van der Waals surface area (Å²) >= 11 is 0. The molecule has 1 fully saturated rings. The molecule has 2 aliphatic rings. The lowest BCUT2D eigenvalue weighted by atomic mass is 9.75. The zero-order valence-corrected chi connectivity index (χ0v) is 11.7.